The summed E-state index contributed by atoms with van der Waals surface area (Å²) in [5.74, 6) is 0.103. The van der Waals surface area contributed by atoms with Crippen LogP contribution in [0.2, 0.25) is 5.02 Å². The van der Waals surface area contributed by atoms with Crippen LogP contribution in [0.5, 0.6) is 5.88 Å². The van der Waals surface area contributed by atoms with E-state index < -0.39 is 5.82 Å². The van der Waals surface area contributed by atoms with Crippen LogP contribution < -0.4 is 4.74 Å². The molecule has 33 heavy (non-hydrogen) atoms. The summed E-state index contributed by atoms with van der Waals surface area (Å²) in [7, 11) is 0. The number of hydrogen-bond acceptors (Lipinski definition) is 7. The van der Waals surface area contributed by atoms with Crippen LogP contribution in [0.25, 0.3) is 21.3 Å². The number of halogens is 2. The third-order valence-corrected chi connectivity index (χ3v) is 7.54. The number of fused-ring (bicyclic) bond motifs is 3. The summed E-state index contributed by atoms with van der Waals surface area (Å²) in [6.45, 7) is 2.06. The van der Waals surface area contributed by atoms with Crippen molar-refractivity contribution in [2.75, 3.05) is 26.3 Å². The molecule has 0 radical (unpaired) electrons. The first-order chi connectivity index (χ1) is 16.1. The second-order valence-electron chi connectivity index (χ2n) is 8.76. The zero-order valence-corrected chi connectivity index (χ0v) is 19.2. The minimum atomic E-state index is -0.402. The van der Waals surface area contributed by atoms with E-state index in [1.807, 2.05) is 5.38 Å². The van der Waals surface area contributed by atoms with Crippen molar-refractivity contribution in [1.82, 2.24) is 14.9 Å². The highest BCUT2D eigenvalue weighted by atomic mass is 35.5. The SMILES string of the molecule is O=C(OC1CC1)N1CC2COCC(C1)C2Oc1ncnc2c(-c3ccc(Cl)cc3F)csc12. The number of aromatic nitrogens is 2. The van der Waals surface area contributed by atoms with Crippen LogP contribution in [0.1, 0.15) is 12.8 Å². The molecule has 0 spiro atoms. The summed E-state index contributed by atoms with van der Waals surface area (Å²) < 4.78 is 33.0. The molecule has 2 bridgehead atoms. The molecule has 172 valence electrons. The van der Waals surface area contributed by atoms with Crippen molar-refractivity contribution < 1.29 is 23.4 Å². The van der Waals surface area contributed by atoms with Crippen molar-refractivity contribution in [3.05, 3.63) is 40.7 Å². The summed E-state index contributed by atoms with van der Waals surface area (Å²) in [6, 6.07) is 4.60. The van der Waals surface area contributed by atoms with Gasteiger partial charge in [-0.1, -0.05) is 11.6 Å². The van der Waals surface area contributed by atoms with Crippen LogP contribution in [0.15, 0.2) is 29.9 Å². The van der Waals surface area contributed by atoms with E-state index in [2.05, 4.69) is 9.97 Å². The summed E-state index contributed by atoms with van der Waals surface area (Å²) in [5.41, 5.74) is 1.75. The molecule has 10 heteroatoms. The first-order valence-electron chi connectivity index (χ1n) is 10.9. The second-order valence-corrected chi connectivity index (χ2v) is 10.1. The first-order valence-corrected chi connectivity index (χ1v) is 12.2. The van der Waals surface area contributed by atoms with Gasteiger partial charge in [0.25, 0.3) is 0 Å². The Labute approximate surface area is 198 Å². The number of nitrogens with zero attached hydrogens (tertiary/aromatic N) is 3. The number of ether oxygens (including phenoxy) is 3. The van der Waals surface area contributed by atoms with E-state index >= 15 is 0 Å². The lowest BCUT2D eigenvalue weighted by atomic mass is 9.84. The number of piperidine rings is 1. The van der Waals surface area contributed by atoms with E-state index in [-0.39, 0.29) is 30.1 Å². The Bertz CT molecular complexity index is 1210. The van der Waals surface area contributed by atoms with E-state index in [4.69, 9.17) is 25.8 Å². The van der Waals surface area contributed by atoms with Gasteiger partial charge in [0.2, 0.25) is 5.88 Å². The molecule has 2 aliphatic heterocycles. The van der Waals surface area contributed by atoms with Crippen molar-refractivity contribution in [1.29, 1.82) is 0 Å². The van der Waals surface area contributed by atoms with Gasteiger partial charge in [-0.25, -0.2) is 19.2 Å². The summed E-state index contributed by atoms with van der Waals surface area (Å²) >= 11 is 7.33. The average Bonchev–Trinajstić information content (AvgIpc) is 3.49. The fourth-order valence-corrected chi connectivity index (χ4v) is 5.69. The highest BCUT2D eigenvalue weighted by Crippen LogP contribution is 2.40. The van der Waals surface area contributed by atoms with Crippen molar-refractivity contribution in [2.24, 2.45) is 11.8 Å². The van der Waals surface area contributed by atoms with Gasteiger partial charge in [0.1, 0.15) is 29.1 Å². The molecule has 4 heterocycles. The van der Waals surface area contributed by atoms with Gasteiger partial charge in [0, 0.05) is 46.5 Å². The zero-order chi connectivity index (χ0) is 22.5. The molecule has 0 N–H and O–H groups in total. The maximum absolute atomic E-state index is 14.5. The lowest BCUT2D eigenvalue weighted by molar-refractivity contribution is -0.109. The quantitative estimate of drug-likeness (QED) is 0.525. The smallest absolute Gasteiger partial charge is 0.410 e. The van der Waals surface area contributed by atoms with Crippen LogP contribution in [0.4, 0.5) is 9.18 Å². The largest absolute Gasteiger partial charge is 0.472 e. The Kier molecular flexibility index (Phi) is 5.35. The molecule has 1 aliphatic carbocycles. The lowest BCUT2D eigenvalue weighted by Gasteiger charge is -2.45. The van der Waals surface area contributed by atoms with E-state index in [1.165, 1.54) is 23.7 Å². The summed E-state index contributed by atoms with van der Waals surface area (Å²) in [6.07, 6.45) is 3.04. The molecular weight excluding hydrogens is 469 g/mol. The number of thiophene rings is 1. The zero-order valence-electron chi connectivity index (χ0n) is 17.6. The van der Waals surface area contributed by atoms with Gasteiger partial charge in [-0.05, 0) is 31.0 Å². The summed E-state index contributed by atoms with van der Waals surface area (Å²) in [4.78, 5) is 23.0. The Hall–Kier alpha value is -2.49. The van der Waals surface area contributed by atoms with Crippen LogP contribution in [0, 0.1) is 17.7 Å². The van der Waals surface area contributed by atoms with Crippen LogP contribution in [-0.4, -0.2) is 59.5 Å². The van der Waals surface area contributed by atoms with E-state index in [0.29, 0.717) is 53.8 Å². The first kappa shape index (κ1) is 21.1. The monoisotopic (exact) mass is 489 g/mol. The number of likely N-dealkylation sites (tertiary alicyclic amines) is 1. The third-order valence-electron chi connectivity index (χ3n) is 6.34. The highest BCUT2D eigenvalue weighted by Gasteiger charge is 2.45. The van der Waals surface area contributed by atoms with Crippen LogP contribution in [-0.2, 0) is 9.47 Å². The van der Waals surface area contributed by atoms with Gasteiger partial charge in [0.05, 0.1) is 18.7 Å². The maximum Gasteiger partial charge on any atom is 0.410 e. The molecule has 1 amide bonds. The Morgan fingerprint density at radius 2 is 1.97 bits per heavy atom. The number of amides is 1. The van der Waals surface area contributed by atoms with Crippen molar-refractivity contribution in [3.8, 4) is 17.0 Å². The molecule has 1 saturated carbocycles. The lowest BCUT2D eigenvalue weighted by Crippen LogP contribution is -2.58. The number of benzene rings is 1. The molecule has 3 aromatic rings. The topological polar surface area (TPSA) is 73.8 Å². The Morgan fingerprint density at radius 1 is 1.18 bits per heavy atom. The standard InChI is InChI=1S/C23H21ClFN3O4S/c24-14-1-4-16(18(25)5-14)17-10-33-21-19(17)26-11-27-22(21)32-20-12-6-28(7-13(20)9-30-8-12)23(29)31-15-2-3-15/h1,4-5,10-13,15,20H,2-3,6-9H2. The third kappa shape index (κ3) is 4.02. The van der Waals surface area contributed by atoms with Gasteiger partial charge < -0.3 is 19.1 Å². The molecule has 6 rings (SSSR count). The molecule has 2 atom stereocenters. The minimum Gasteiger partial charge on any atom is -0.472 e. The molecule has 7 nitrogen and oxygen atoms in total. The number of hydrogen-bond donors (Lipinski definition) is 0. The van der Waals surface area contributed by atoms with Gasteiger partial charge in [-0.15, -0.1) is 11.3 Å². The van der Waals surface area contributed by atoms with Crippen molar-refractivity contribution in [2.45, 2.75) is 25.0 Å². The van der Waals surface area contributed by atoms with Crippen LogP contribution in [0.3, 0.4) is 0 Å². The number of carbonyl (C=O) groups is 1. The normalized spacial score (nSPS) is 24.7. The van der Waals surface area contributed by atoms with Gasteiger partial charge in [0.15, 0.2) is 0 Å². The fourth-order valence-electron chi connectivity index (χ4n) is 4.58. The molecule has 3 aliphatic rings. The molecule has 2 saturated heterocycles. The second kappa shape index (κ2) is 8.38. The fraction of sp³-hybridized carbons (Fsp3) is 0.435. The molecule has 1 aromatic carbocycles. The Morgan fingerprint density at radius 3 is 2.70 bits per heavy atom. The highest BCUT2D eigenvalue weighted by molar-refractivity contribution is 7.18. The van der Waals surface area contributed by atoms with Crippen molar-refractivity contribution >= 4 is 39.2 Å². The van der Waals surface area contributed by atoms with Crippen LogP contribution >= 0.6 is 22.9 Å². The summed E-state index contributed by atoms with van der Waals surface area (Å²) in [5, 5.41) is 2.20. The average molecular weight is 490 g/mol. The predicted octanol–water partition coefficient (Wildman–Crippen LogP) is 4.78. The van der Waals surface area contributed by atoms with E-state index in [0.717, 1.165) is 17.5 Å². The maximum atomic E-state index is 14.5. The molecular formula is C23H21ClFN3O4S. The molecule has 3 fully saturated rings. The van der Waals surface area contributed by atoms with Crippen molar-refractivity contribution in [3.63, 3.8) is 0 Å². The number of rotatable bonds is 4. The van der Waals surface area contributed by atoms with E-state index in [9.17, 15) is 9.18 Å². The Balaban J connectivity index is 1.26. The number of carbonyl (C=O) groups excluding carboxylic acids is 1. The molecule has 2 aromatic heterocycles. The predicted molar refractivity (Wildman–Crippen MR) is 121 cm³/mol. The molecule has 2 unspecified atom stereocenters. The minimum absolute atomic E-state index is 0.0161. The van der Waals surface area contributed by atoms with Gasteiger partial charge >= 0.3 is 6.09 Å². The van der Waals surface area contributed by atoms with E-state index in [1.54, 1.807) is 17.0 Å². The van der Waals surface area contributed by atoms with Gasteiger partial charge in [-0.3, -0.25) is 0 Å². The van der Waals surface area contributed by atoms with Gasteiger partial charge in [-0.2, -0.15) is 0 Å².